The Balaban J connectivity index is 2.51. The lowest BCUT2D eigenvalue weighted by Crippen LogP contribution is -2.51. The first-order chi connectivity index (χ1) is 13.7. The number of benzene rings is 1. The Morgan fingerprint density at radius 1 is 1.13 bits per heavy atom. The molecule has 0 spiro atoms. The summed E-state index contributed by atoms with van der Waals surface area (Å²) < 4.78 is 22.6. The van der Waals surface area contributed by atoms with E-state index in [0.29, 0.717) is 27.2 Å². The highest BCUT2D eigenvalue weighted by Gasteiger charge is 2.46. The van der Waals surface area contributed by atoms with Gasteiger partial charge in [0.15, 0.2) is 8.24 Å². The zero-order valence-electron chi connectivity index (χ0n) is 19.7. The fourth-order valence-electron chi connectivity index (χ4n) is 5.00. The summed E-state index contributed by atoms with van der Waals surface area (Å²) >= 11 is 6.63. The number of rotatable bonds is 6. The van der Waals surface area contributed by atoms with E-state index in [0.717, 1.165) is 10.9 Å². The van der Waals surface area contributed by atoms with E-state index >= 15 is 4.39 Å². The van der Waals surface area contributed by atoms with Gasteiger partial charge in [0.05, 0.1) is 5.02 Å². The molecule has 1 aromatic carbocycles. The number of carbonyl (C=O) groups excluding carboxylic acids is 1. The molecular weight excluding hydrogens is 419 g/mol. The summed E-state index contributed by atoms with van der Waals surface area (Å²) in [6, 6.07) is 3.27. The number of hydrogen-bond donors (Lipinski definition) is 1. The Morgan fingerprint density at radius 2 is 1.67 bits per heavy atom. The molecule has 7 heteroatoms. The number of carbonyl (C=O) groups is 1. The fourth-order valence-corrected chi connectivity index (χ4v) is 12.0. The van der Waals surface area contributed by atoms with Crippen molar-refractivity contribution < 1.29 is 13.9 Å². The molecule has 0 radical (unpaired) electrons. The number of amides is 1. The van der Waals surface area contributed by atoms with Gasteiger partial charge in [0.2, 0.25) is 0 Å². The molecule has 1 N–H and O–H groups in total. The first kappa shape index (κ1) is 24.7. The average molecular weight is 455 g/mol. The summed E-state index contributed by atoms with van der Waals surface area (Å²) in [5, 5.41) is 4.11. The van der Waals surface area contributed by atoms with Crippen LogP contribution in [0.25, 0.3) is 10.9 Å². The summed E-state index contributed by atoms with van der Waals surface area (Å²) in [6.07, 6.45) is 1.41. The lowest BCUT2D eigenvalue weighted by Gasteiger charge is -2.44. The van der Waals surface area contributed by atoms with Crippen LogP contribution < -0.4 is 5.32 Å². The van der Waals surface area contributed by atoms with Crippen molar-refractivity contribution in [3.05, 3.63) is 34.7 Å². The van der Waals surface area contributed by atoms with Gasteiger partial charge in [-0.25, -0.2) is 9.18 Å². The molecule has 0 aliphatic heterocycles. The molecule has 0 saturated carbocycles. The largest absolute Gasteiger partial charge is 0.445 e. The smallest absolute Gasteiger partial charge is 0.407 e. The van der Waals surface area contributed by atoms with Gasteiger partial charge in [0.1, 0.15) is 12.4 Å². The zero-order chi connectivity index (χ0) is 23.0. The van der Waals surface area contributed by atoms with Gasteiger partial charge in [-0.2, -0.15) is 0 Å². The van der Waals surface area contributed by atoms with Gasteiger partial charge < -0.3 is 14.3 Å². The third kappa shape index (κ3) is 4.69. The Morgan fingerprint density at radius 3 is 2.13 bits per heavy atom. The van der Waals surface area contributed by atoms with Crippen molar-refractivity contribution in [1.82, 2.24) is 9.55 Å². The molecule has 4 nitrogen and oxygen atoms in total. The molecule has 1 amide bonds. The number of ether oxygens (including phenoxy) is 1. The lowest BCUT2D eigenvalue weighted by atomic mass is 10.1. The van der Waals surface area contributed by atoms with Gasteiger partial charge >= 0.3 is 6.09 Å². The Hall–Kier alpha value is -1.53. The molecule has 1 heterocycles. The second-order valence-electron chi connectivity index (χ2n) is 10.1. The maximum atomic E-state index is 15.0. The SMILES string of the molecule is CC(C)[Si](C(C)C)(C(C)C)n1cc(Cl)c2cc(COC(=O)NC(C)(C)C)c(F)cc21. The first-order valence-electron chi connectivity index (χ1n) is 10.7. The van der Waals surface area contributed by atoms with E-state index in [4.69, 9.17) is 16.3 Å². The summed E-state index contributed by atoms with van der Waals surface area (Å²) in [5.74, 6) is -0.388. The first-order valence-corrected chi connectivity index (χ1v) is 13.2. The van der Waals surface area contributed by atoms with Crippen molar-refractivity contribution in [3.8, 4) is 0 Å². The third-order valence-corrected chi connectivity index (χ3v) is 13.0. The maximum absolute atomic E-state index is 15.0. The summed E-state index contributed by atoms with van der Waals surface area (Å²) in [4.78, 5) is 12.0. The molecule has 0 fully saturated rings. The molecular formula is C23H36ClFN2O2Si. The van der Waals surface area contributed by atoms with Gasteiger partial charge in [0, 0.05) is 28.2 Å². The number of halogens is 2. The Kier molecular flexibility index (Phi) is 7.35. The Labute approximate surface area is 186 Å². The molecule has 1 aromatic heterocycles. The van der Waals surface area contributed by atoms with Crippen LogP contribution in [0.1, 0.15) is 67.9 Å². The van der Waals surface area contributed by atoms with E-state index in [1.807, 2.05) is 27.0 Å². The predicted molar refractivity (Wildman–Crippen MR) is 126 cm³/mol. The standard InChI is InChI=1S/C23H36ClFN2O2Si/c1-14(2)30(15(3)4,16(5)6)27-12-19(24)18-10-17(20(25)11-21(18)27)13-29-22(28)26-23(7,8)9/h10-12,14-16H,13H2,1-9H3,(H,26,28). The van der Waals surface area contributed by atoms with E-state index in [1.165, 1.54) is 0 Å². The topological polar surface area (TPSA) is 43.3 Å². The van der Waals surface area contributed by atoms with E-state index in [2.05, 4.69) is 51.1 Å². The number of alkyl carbamates (subject to hydrolysis) is 1. The zero-order valence-corrected chi connectivity index (χ0v) is 21.4. The number of aromatic nitrogens is 1. The van der Waals surface area contributed by atoms with Crippen LogP contribution in [-0.4, -0.2) is 24.1 Å². The Bertz CT molecular complexity index is 894. The van der Waals surface area contributed by atoms with Crippen LogP contribution in [0, 0.1) is 5.82 Å². The van der Waals surface area contributed by atoms with Crippen LogP contribution >= 0.6 is 11.6 Å². The normalized spacial score (nSPS) is 13.0. The predicted octanol–water partition coefficient (Wildman–Crippen LogP) is 7.48. The second-order valence-corrected chi connectivity index (χ2v) is 16.2. The molecule has 168 valence electrons. The van der Waals surface area contributed by atoms with Crippen LogP contribution in [-0.2, 0) is 11.3 Å². The molecule has 0 aliphatic carbocycles. The number of hydrogen-bond acceptors (Lipinski definition) is 2. The van der Waals surface area contributed by atoms with Crippen LogP contribution in [0.4, 0.5) is 9.18 Å². The number of nitrogens with one attached hydrogen (secondary N) is 1. The van der Waals surface area contributed by atoms with Crippen LogP contribution in [0.3, 0.4) is 0 Å². The van der Waals surface area contributed by atoms with Crippen LogP contribution in [0.15, 0.2) is 18.3 Å². The molecule has 0 unspecified atom stereocenters. The van der Waals surface area contributed by atoms with Crippen molar-refractivity contribution in [2.24, 2.45) is 0 Å². The minimum Gasteiger partial charge on any atom is -0.445 e. The quantitative estimate of drug-likeness (QED) is 0.459. The summed E-state index contributed by atoms with van der Waals surface area (Å²) in [5.41, 5.74) is 2.09. The van der Waals surface area contributed by atoms with Gasteiger partial charge in [0.25, 0.3) is 0 Å². The minimum absolute atomic E-state index is 0.147. The fraction of sp³-hybridized carbons (Fsp3) is 0.609. The average Bonchev–Trinajstić information content (AvgIpc) is 2.87. The van der Waals surface area contributed by atoms with Gasteiger partial charge in [-0.1, -0.05) is 53.1 Å². The van der Waals surface area contributed by atoms with E-state index in [-0.39, 0.29) is 12.4 Å². The molecule has 0 saturated heterocycles. The van der Waals surface area contributed by atoms with E-state index in [1.54, 1.807) is 12.1 Å². The van der Waals surface area contributed by atoms with Crippen molar-refractivity contribution >= 4 is 36.8 Å². The minimum atomic E-state index is -2.08. The highest BCUT2D eigenvalue weighted by atomic mass is 35.5. The van der Waals surface area contributed by atoms with Crippen molar-refractivity contribution in [2.75, 3.05) is 0 Å². The highest BCUT2D eigenvalue weighted by molar-refractivity contribution is 6.82. The number of fused-ring (bicyclic) bond motifs is 1. The van der Waals surface area contributed by atoms with Gasteiger partial charge in [-0.05, 0) is 49.5 Å². The number of nitrogens with zero attached hydrogens (tertiary/aromatic N) is 1. The van der Waals surface area contributed by atoms with Crippen molar-refractivity contribution in [1.29, 1.82) is 0 Å². The molecule has 0 atom stereocenters. The third-order valence-electron chi connectivity index (χ3n) is 5.95. The van der Waals surface area contributed by atoms with Crippen molar-refractivity contribution in [2.45, 2.75) is 91.1 Å². The monoisotopic (exact) mass is 454 g/mol. The van der Waals surface area contributed by atoms with Crippen LogP contribution in [0.5, 0.6) is 0 Å². The molecule has 0 aliphatic rings. The van der Waals surface area contributed by atoms with Crippen molar-refractivity contribution in [3.63, 3.8) is 0 Å². The lowest BCUT2D eigenvalue weighted by molar-refractivity contribution is 0.130. The summed E-state index contributed by atoms with van der Waals surface area (Å²) in [6.45, 7) is 19.0. The maximum Gasteiger partial charge on any atom is 0.407 e. The highest BCUT2D eigenvalue weighted by Crippen LogP contribution is 2.45. The van der Waals surface area contributed by atoms with Gasteiger partial charge in [-0.3, -0.25) is 0 Å². The molecule has 30 heavy (non-hydrogen) atoms. The van der Waals surface area contributed by atoms with E-state index in [9.17, 15) is 4.79 Å². The molecule has 2 rings (SSSR count). The molecule has 0 bridgehead atoms. The van der Waals surface area contributed by atoms with Gasteiger partial charge in [-0.15, -0.1) is 0 Å². The second kappa shape index (κ2) is 8.91. The summed E-state index contributed by atoms with van der Waals surface area (Å²) in [7, 11) is -2.08. The van der Waals surface area contributed by atoms with E-state index < -0.39 is 19.9 Å². The van der Waals surface area contributed by atoms with Crippen LogP contribution in [0.2, 0.25) is 21.6 Å². The molecule has 2 aromatic rings.